The van der Waals surface area contributed by atoms with Crippen LogP contribution < -0.4 is 10.6 Å². The van der Waals surface area contributed by atoms with Crippen molar-refractivity contribution in [3.05, 3.63) is 42.1 Å². The number of nitrogens with one attached hydrogen (secondary N) is 2. The molecule has 24 heavy (non-hydrogen) atoms. The second kappa shape index (κ2) is 12.0. The van der Waals surface area contributed by atoms with Crippen molar-refractivity contribution in [3.8, 4) is 0 Å². The van der Waals surface area contributed by atoms with Gasteiger partial charge in [0.25, 0.3) is 0 Å². The first-order valence-corrected chi connectivity index (χ1v) is 8.20. The number of hydrogen-bond donors (Lipinski definition) is 2. The van der Waals surface area contributed by atoms with E-state index in [1.165, 1.54) is 5.56 Å². The molecule has 6 heteroatoms. The SMILES string of the molecule is CCOCCCCNC(=NC)NCc1cccc2cccnc12.I. The average Bonchev–Trinajstić information content (AvgIpc) is 2.60. The van der Waals surface area contributed by atoms with Crippen molar-refractivity contribution in [3.63, 3.8) is 0 Å². The van der Waals surface area contributed by atoms with E-state index in [0.717, 1.165) is 49.5 Å². The van der Waals surface area contributed by atoms with Gasteiger partial charge in [0.05, 0.1) is 5.52 Å². The van der Waals surface area contributed by atoms with Crippen molar-refractivity contribution >= 4 is 40.8 Å². The van der Waals surface area contributed by atoms with Gasteiger partial charge in [-0.15, -0.1) is 24.0 Å². The molecule has 2 rings (SSSR count). The minimum Gasteiger partial charge on any atom is -0.382 e. The Morgan fingerprint density at radius 1 is 1.17 bits per heavy atom. The Bertz CT molecular complexity index is 628. The fourth-order valence-electron chi connectivity index (χ4n) is 2.39. The molecule has 132 valence electrons. The van der Waals surface area contributed by atoms with Gasteiger partial charge < -0.3 is 15.4 Å². The second-order valence-electron chi connectivity index (χ2n) is 5.25. The maximum atomic E-state index is 5.33. The first-order valence-electron chi connectivity index (χ1n) is 8.20. The Morgan fingerprint density at radius 3 is 2.79 bits per heavy atom. The van der Waals surface area contributed by atoms with Crippen molar-refractivity contribution in [2.24, 2.45) is 4.99 Å². The molecule has 0 saturated carbocycles. The van der Waals surface area contributed by atoms with E-state index < -0.39 is 0 Å². The summed E-state index contributed by atoms with van der Waals surface area (Å²) in [4.78, 5) is 8.73. The van der Waals surface area contributed by atoms with E-state index in [-0.39, 0.29) is 24.0 Å². The standard InChI is InChI=1S/C18H26N4O.HI/c1-3-23-13-5-4-11-21-18(19-2)22-14-16-9-6-8-15-10-7-12-20-17(15)16;/h6-10,12H,3-5,11,13-14H2,1-2H3,(H2,19,21,22);1H. The summed E-state index contributed by atoms with van der Waals surface area (Å²) in [5.41, 5.74) is 2.21. The number of ether oxygens (including phenoxy) is 1. The molecule has 1 aromatic heterocycles. The largest absolute Gasteiger partial charge is 0.382 e. The molecule has 0 unspecified atom stereocenters. The smallest absolute Gasteiger partial charge is 0.191 e. The minimum atomic E-state index is 0. The topological polar surface area (TPSA) is 58.5 Å². The number of nitrogens with zero attached hydrogens (tertiary/aromatic N) is 2. The number of aliphatic imine (C=N–C) groups is 1. The number of rotatable bonds is 8. The molecule has 2 N–H and O–H groups in total. The fraction of sp³-hybridized carbons (Fsp3) is 0.444. The Kier molecular flexibility index (Phi) is 10.3. The molecule has 0 amide bonds. The van der Waals surface area contributed by atoms with E-state index >= 15 is 0 Å². The lowest BCUT2D eigenvalue weighted by Crippen LogP contribution is -2.37. The van der Waals surface area contributed by atoms with Crippen LogP contribution in [0.4, 0.5) is 0 Å². The van der Waals surface area contributed by atoms with Crippen LogP contribution in [0.3, 0.4) is 0 Å². The number of guanidine groups is 1. The molecular formula is C18H27IN4O. The van der Waals surface area contributed by atoms with Gasteiger partial charge >= 0.3 is 0 Å². The van der Waals surface area contributed by atoms with Crippen LogP contribution in [0, 0.1) is 0 Å². The number of unbranched alkanes of at least 4 members (excludes halogenated alkanes) is 1. The van der Waals surface area contributed by atoms with E-state index in [4.69, 9.17) is 4.74 Å². The van der Waals surface area contributed by atoms with Crippen molar-refractivity contribution < 1.29 is 4.74 Å². The highest BCUT2D eigenvalue weighted by Gasteiger charge is 2.03. The lowest BCUT2D eigenvalue weighted by Gasteiger charge is -2.13. The number of aromatic nitrogens is 1. The predicted molar refractivity (Wildman–Crippen MR) is 111 cm³/mol. The molecule has 0 aliphatic carbocycles. The van der Waals surface area contributed by atoms with Gasteiger partial charge in [0.15, 0.2) is 5.96 Å². The Hall–Kier alpha value is -1.41. The van der Waals surface area contributed by atoms with Crippen LogP contribution in [-0.2, 0) is 11.3 Å². The van der Waals surface area contributed by atoms with Gasteiger partial charge in [-0.05, 0) is 31.4 Å². The van der Waals surface area contributed by atoms with Crippen LogP contribution in [0.2, 0.25) is 0 Å². The first kappa shape index (κ1) is 20.6. The summed E-state index contributed by atoms with van der Waals surface area (Å²) in [5.74, 6) is 0.814. The second-order valence-corrected chi connectivity index (χ2v) is 5.25. The van der Waals surface area contributed by atoms with Crippen LogP contribution in [0.25, 0.3) is 10.9 Å². The molecule has 0 saturated heterocycles. The minimum absolute atomic E-state index is 0. The highest BCUT2D eigenvalue weighted by atomic mass is 127. The third kappa shape index (κ3) is 6.60. The quantitative estimate of drug-likeness (QED) is 0.285. The number of pyridine rings is 1. The Labute approximate surface area is 161 Å². The molecule has 5 nitrogen and oxygen atoms in total. The molecular weight excluding hydrogens is 415 g/mol. The zero-order chi connectivity index (χ0) is 16.3. The molecule has 0 aliphatic rings. The Balaban J connectivity index is 0.00000288. The van der Waals surface area contributed by atoms with E-state index in [1.54, 1.807) is 7.05 Å². The molecule has 0 radical (unpaired) electrons. The van der Waals surface area contributed by atoms with E-state index in [9.17, 15) is 0 Å². The van der Waals surface area contributed by atoms with Crippen LogP contribution in [0.1, 0.15) is 25.3 Å². The third-order valence-electron chi connectivity index (χ3n) is 3.60. The summed E-state index contributed by atoms with van der Waals surface area (Å²) in [6.07, 6.45) is 3.96. The number of halogens is 1. The molecule has 1 aromatic carbocycles. The third-order valence-corrected chi connectivity index (χ3v) is 3.60. The first-order chi connectivity index (χ1) is 11.3. The van der Waals surface area contributed by atoms with E-state index in [1.807, 2.05) is 19.2 Å². The fourth-order valence-corrected chi connectivity index (χ4v) is 2.39. The molecule has 0 spiro atoms. The summed E-state index contributed by atoms with van der Waals surface area (Å²) >= 11 is 0. The average molecular weight is 442 g/mol. The normalized spacial score (nSPS) is 11.2. The number of fused-ring (bicyclic) bond motifs is 1. The van der Waals surface area contributed by atoms with Gasteiger partial charge in [0.1, 0.15) is 0 Å². The lowest BCUT2D eigenvalue weighted by molar-refractivity contribution is 0.143. The highest BCUT2D eigenvalue weighted by Crippen LogP contribution is 2.15. The van der Waals surface area contributed by atoms with Gasteiger partial charge in [-0.1, -0.05) is 24.3 Å². The summed E-state index contributed by atoms with van der Waals surface area (Å²) in [7, 11) is 1.79. The maximum absolute atomic E-state index is 5.33. The van der Waals surface area contributed by atoms with Crippen LogP contribution in [0.15, 0.2) is 41.5 Å². The van der Waals surface area contributed by atoms with E-state index in [2.05, 4.69) is 44.9 Å². The Morgan fingerprint density at radius 2 is 2.00 bits per heavy atom. The van der Waals surface area contributed by atoms with Gasteiger partial charge in [-0.25, -0.2) is 0 Å². The monoisotopic (exact) mass is 442 g/mol. The number of benzene rings is 1. The molecule has 0 bridgehead atoms. The van der Waals surface area contributed by atoms with Crippen LogP contribution >= 0.6 is 24.0 Å². The maximum Gasteiger partial charge on any atom is 0.191 e. The van der Waals surface area contributed by atoms with E-state index in [0.29, 0.717) is 6.54 Å². The zero-order valence-electron chi connectivity index (χ0n) is 14.4. The van der Waals surface area contributed by atoms with Crippen LogP contribution in [-0.4, -0.2) is 37.7 Å². The predicted octanol–water partition coefficient (Wildman–Crippen LogP) is 3.33. The van der Waals surface area contributed by atoms with Gasteiger partial charge in [-0.3, -0.25) is 9.98 Å². The molecule has 2 aromatic rings. The van der Waals surface area contributed by atoms with Gasteiger partial charge in [0.2, 0.25) is 0 Å². The van der Waals surface area contributed by atoms with Crippen molar-refractivity contribution in [2.75, 3.05) is 26.8 Å². The van der Waals surface area contributed by atoms with Gasteiger partial charge in [-0.2, -0.15) is 0 Å². The van der Waals surface area contributed by atoms with Crippen molar-refractivity contribution in [2.45, 2.75) is 26.3 Å². The number of hydrogen-bond acceptors (Lipinski definition) is 3. The molecule has 0 aliphatic heterocycles. The van der Waals surface area contributed by atoms with Crippen molar-refractivity contribution in [1.29, 1.82) is 0 Å². The highest BCUT2D eigenvalue weighted by molar-refractivity contribution is 14.0. The van der Waals surface area contributed by atoms with Gasteiger partial charge in [0, 0.05) is 44.9 Å². The zero-order valence-corrected chi connectivity index (χ0v) is 16.7. The lowest BCUT2D eigenvalue weighted by atomic mass is 10.1. The molecule has 0 atom stereocenters. The summed E-state index contributed by atoms with van der Waals surface area (Å²) < 4.78 is 5.33. The van der Waals surface area contributed by atoms with Crippen molar-refractivity contribution in [1.82, 2.24) is 15.6 Å². The number of para-hydroxylation sites is 1. The molecule has 0 fully saturated rings. The summed E-state index contributed by atoms with van der Waals surface area (Å²) in [5, 5.41) is 7.83. The summed E-state index contributed by atoms with van der Waals surface area (Å²) in [6.45, 7) is 5.22. The van der Waals surface area contributed by atoms with Crippen LogP contribution in [0.5, 0.6) is 0 Å². The molecule has 1 heterocycles. The summed E-state index contributed by atoms with van der Waals surface area (Å²) in [6, 6.07) is 10.3.